The molecule has 2 fully saturated rings. The van der Waals surface area contributed by atoms with E-state index in [1.807, 2.05) is 13.0 Å². The van der Waals surface area contributed by atoms with E-state index in [2.05, 4.69) is 25.6 Å². The van der Waals surface area contributed by atoms with Crippen LogP contribution in [0.4, 0.5) is 10.7 Å². The monoisotopic (exact) mass is 662 g/mol. The SMILES string of the molecule is CC[C@H]1O[C@@H](n2cnc3c(OCCC#N)nc(NC(=O)Oc4ccccc4)nc32)C[C@H]1OC(=O)CCC(=O)N1CCC(C(=O)NC)CC1. The van der Waals surface area contributed by atoms with Crippen molar-refractivity contribution in [3.8, 4) is 17.7 Å². The van der Waals surface area contributed by atoms with Crippen molar-refractivity contribution < 1.29 is 38.1 Å². The van der Waals surface area contributed by atoms with Gasteiger partial charge in [0.15, 0.2) is 11.2 Å². The van der Waals surface area contributed by atoms with E-state index in [-0.39, 0.29) is 73.0 Å². The number of esters is 1. The van der Waals surface area contributed by atoms with Gasteiger partial charge < -0.3 is 29.2 Å². The fourth-order valence-electron chi connectivity index (χ4n) is 5.71. The highest BCUT2D eigenvalue weighted by molar-refractivity contribution is 5.86. The van der Waals surface area contributed by atoms with Gasteiger partial charge in [0.1, 0.15) is 24.7 Å². The van der Waals surface area contributed by atoms with Crippen molar-refractivity contribution in [1.82, 2.24) is 29.7 Å². The first-order valence-corrected chi connectivity index (χ1v) is 15.9. The zero-order valence-electron chi connectivity index (χ0n) is 26.8. The standard InChI is InChI=1S/C32H38N8O8/c1-3-22-23(48-26(42)11-10-24(41)39-15-12-20(13-16-39)29(43)34-2)18-25(47-22)40-19-35-27-28(40)36-31(37-30(27)45-17-7-14-33)38-32(44)46-21-8-5-4-6-9-21/h4-6,8-9,19-20,22-23,25H,3,7,10-13,15-18H2,1-2H3,(H,34,43)(H,36,37,38,44)/t22-,23-,25-/m1/s1. The van der Waals surface area contributed by atoms with E-state index in [9.17, 15) is 19.2 Å². The predicted octanol–water partition coefficient (Wildman–Crippen LogP) is 3.10. The number of benzene rings is 1. The molecule has 254 valence electrons. The molecule has 2 aromatic heterocycles. The molecule has 0 radical (unpaired) electrons. The number of carbonyl (C=O) groups is 4. The summed E-state index contributed by atoms with van der Waals surface area (Å²) in [5.41, 5.74) is 0.564. The molecule has 2 aliphatic heterocycles. The highest BCUT2D eigenvalue weighted by Gasteiger charge is 2.39. The molecule has 3 atom stereocenters. The maximum Gasteiger partial charge on any atom is 0.419 e. The summed E-state index contributed by atoms with van der Waals surface area (Å²) in [6, 6.07) is 10.5. The molecule has 0 saturated carbocycles. The summed E-state index contributed by atoms with van der Waals surface area (Å²) in [4.78, 5) is 64.9. The lowest BCUT2D eigenvalue weighted by Gasteiger charge is -2.31. The lowest BCUT2D eigenvalue weighted by molar-refractivity contribution is -0.153. The van der Waals surface area contributed by atoms with Crippen molar-refractivity contribution in [3.05, 3.63) is 36.7 Å². The number of rotatable bonds is 12. The lowest BCUT2D eigenvalue weighted by Crippen LogP contribution is -2.42. The first kappa shape index (κ1) is 34.0. The van der Waals surface area contributed by atoms with Crippen molar-refractivity contribution in [1.29, 1.82) is 5.26 Å². The summed E-state index contributed by atoms with van der Waals surface area (Å²) < 4.78 is 24.7. The van der Waals surface area contributed by atoms with Gasteiger partial charge in [-0.05, 0) is 31.4 Å². The first-order valence-electron chi connectivity index (χ1n) is 15.9. The normalized spacial score (nSPS) is 19.4. The Morgan fingerprint density at radius 3 is 2.58 bits per heavy atom. The summed E-state index contributed by atoms with van der Waals surface area (Å²) in [5.74, 6) is -0.522. The van der Waals surface area contributed by atoms with Crippen LogP contribution in [0.2, 0.25) is 0 Å². The van der Waals surface area contributed by atoms with Crippen molar-refractivity contribution in [2.45, 2.75) is 70.3 Å². The zero-order valence-corrected chi connectivity index (χ0v) is 26.8. The number of anilines is 1. The topological polar surface area (TPSA) is 200 Å². The molecule has 1 aromatic carbocycles. The quantitative estimate of drug-likeness (QED) is 0.212. The number of carbonyl (C=O) groups excluding carboxylic acids is 4. The smallest absolute Gasteiger partial charge is 0.419 e. The molecule has 4 heterocycles. The third kappa shape index (κ3) is 8.34. The minimum atomic E-state index is -0.823. The van der Waals surface area contributed by atoms with E-state index in [1.54, 1.807) is 46.8 Å². The second-order valence-corrected chi connectivity index (χ2v) is 11.3. The van der Waals surface area contributed by atoms with E-state index in [1.165, 1.54) is 6.33 Å². The van der Waals surface area contributed by atoms with Gasteiger partial charge in [0.05, 0.1) is 31.3 Å². The van der Waals surface area contributed by atoms with Crippen LogP contribution >= 0.6 is 0 Å². The fraction of sp³-hybridized carbons (Fsp3) is 0.500. The molecule has 16 nitrogen and oxygen atoms in total. The van der Waals surface area contributed by atoms with E-state index < -0.39 is 30.5 Å². The third-order valence-corrected chi connectivity index (χ3v) is 8.19. The predicted molar refractivity (Wildman–Crippen MR) is 168 cm³/mol. The molecule has 3 amide bonds. The average molecular weight is 663 g/mol. The largest absolute Gasteiger partial charge is 0.475 e. The molecule has 2 N–H and O–H groups in total. The van der Waals surface area contributed by atoms with Crippen molar-refractivity contribution in [2.75, 3.05) is 32.1 Å². The Kier molecular flexibility index (Phi) is 11.4. The Labute approximate surface area is 276 Å². The molecule has 0 bridgehead atoms. The fourth-order valence-corrected chi connectivity index (χ4v) is 5.71. The molecular weight excluding hydrogens is 624 g/mol. The van der Waals surface area contributed by atoms with Crippen LogP contribution in [-0.2, 0) is 23.9 Å². The minimum absolute atomic E-state index is 0.0113. The van der Waals surface area contributed by atoms with Gasteiger partial charge in [0, 0.05) is 38.9 Å². The van der Waals surface area contributed by atoms with Gasteiger partial charge in [-0.3, -0.25) is 24.3 Å². The summed E-state index contributed by atoms with van der Waals surface area (Å²) in [5, 5.41) is 14.1. The molecule has 48 heavy (non-hydrogen) atoms. The zero-order chi connectivity index (χ0) is 34.0. The number of piperidine rings is 1. The van der Waals surface area contributed by atoms with Crippen molar-refractivity contribution >= 4 is 41.0 Å². The number of ether oxygens (including phenoxy) is 4. The number of nitrogens with zero attached hydrogens (tertiary/aromatic N) is 6. The molecule has 2 saturated heterocycles. The Morgan fingerprint density at radius 1 is 1.10 bits per heavy atom. The molecule has 16 heteroatoms. The number of amides is 3. The molecular formula is C32H38N8O8. The van der Waals surface area contributed by atoms with Crippen molar-refractivity contribution in [2.24, 2.45) is 5.92 Å². The molecule has 0 unspecified atom stereocenters. The van der Waals surface area contributed by atoms with Gasteiger partial charge in [-0.2, -0.15) is 15.2 Å². The van der Waals surface area contributed by atoms with Crippen LogP contribution in [0.3, 0.4) is 0 Å². The maximum atomic E-state index is 12.8. The van der Waals surface area contributed by atoms with Crippen molar-refractivity contribution in [3.63, 3.8) is 0 Å². The highest BCUT2D eigenvalue weighted by Crippen LogP contribution is 2.35. The van der Waals surface area contributed by atoms with Crippen LogP contribution in [0, 0.1) is 17.2 Å². The van der Waals surface area contributed by atoms with Gasteiger partial charge >= 0.3 is 12.1 Å². The second kappa shape index (κ2) is 16.0. The number of imidazole rings is 1. The van der Waals surface area contributed by atoms with E-state index in [4.69, 9.17) is 24.2 Å². The summed E-state index contributed by atoms with van der Waals surface area (Å²) >= 11 is 0. The molecule has 3 aromatic rings. The van der Waals surface area contributed by atoms with Gasteiger partial charge in [-0.15, -0.1) is 0 Å². The van der Waals surface area contributed by atoms with Gasteiger partial charge in [0.25, 0.3) is 0 Å². The number of aromatic nitrogens is 4. The van der Waals surface area contributed by atoms with Crippen LogP contribution in [0.15, 0.2) is 36.7 Å². The second-order valence-electron chi connectivity index (χ2n) is 11.3. The van der Waals surface area contributed by atoms with Crippen LogP contribution < -0.4 is 20.1 Å². The number of nitrogens with one attached hydrogen (secondary N) is 2. The Hall–Kier alpha value is -5.30. The first-order chi connectivity index (χ1) is 23.3. The van der Waals surface area contributed by atoms with Crippen LogP contribution in [0.5, 0.6) is 11.6 Å². The van der Waals surface area contributed by atoms with E-state index in [0.717, 1.165) is 0 Å². The van der Waals surface area contributed by atoms with Crippen LogP contribution in [-0.4, -0.2) is 87.2 Å². The molecule has 5 rings (SSSR count). The minimum Gasteiger partial charge on any atom is -0.475 e. The number of nitriles is 1. The molecule has 0 aliphatic carbocycles. The Morgan fingerprint density at radius 2 is 1.88 bits per heavy atom. The van der Waals surface area contributed by atoms with Crippen LogP contribution in [0.1, 0.15) is 58.1 Å². The van der Waals surface area contributed by atoms with Gasteiger partial charge in [-0.1, -0.05) is 25.1 Å². The van der Waals surface area contributed by atoms with Gasteiger partial charge in [-0.25, -0.2) is 9.78 Å². The summed E-state index contributed by atoms with van der Waals surface area (Å²) in [6.07, 6.45) is 1.07. The number of hydrogen-bond donors (Lipinski definition) is 2. The third-order valence-electron chi connectivity index (χ3n) is 8.19. The Bertz CT molecular complexity index is 1650. The highest BCUT2D eigenvalue weighted by atomic mass is 16.6. The average Bonchev–Trinajstić information content (AvgIpc) is 3.71. The number of likely N-dealkylation sites (tertiary alicyclic amines) is 1. The van der Waals surface area contributed by atoms with Gasteiger partial charge in [0.2, 0.25) is 23.6 Å². The van der Waals surface area contributed by atoms with Crippen LogP contribution in [0.25, 0.3) is 11.2 Å². The lowest BCUT2D eigenvalue weighted by atomic mass is 9.96. The Balaban J connectivity index is 1.23. The maximum absolute atomic E-state index is 12.8. The summed E-state index contributed by atoms with van der Waals surface area (Å²) in [6.45, 7) is 2.90. The summed E-state index contributed by atoms with van der Waals surface area (Å²) in [7, 11) is 1.60. The molecule has 0 spiro atoms. The number of hydrogen-bond acceptors (Lipinski definition) is 12. The van der Waals surface area contributed by atoms with E-state index >= 15 is 0 Å². The molecule has 2 aliphatic rings. The van der Waals surface area contributed by atoms with E-state index in [0.29, 0.717) is 38.1 Å². The number of fused-ring (bicyclic) bond motifs is 1. The number of para-hydroxylation sites is 1.